The zero-order chi connectivity index (χ0) is 12.7. The maximum absolute atomic E-state index is 5.60. The molecule has 1 aromatic carbocycles. The van der Waals surface area contributed by atoms with Crippen LogP contribution in [0.2, 0.25) is 0 Å². The number of rotatable bonds is 1. The van der Waals surface area contributed by atoms with Gasteiger partial charge in [0.25, 0.3) is 0 Å². The number of benzene rings is 1. The van der Waals surface area contributed by atoms with Gasteiger partial charge in [-0.2, -0.15) is 4.57 Å². The molecule has 0 aliphatic rings. The predicted molar refractivity (Wildman–Crippen MR) is 70.1 cm³/mol. The van der Waals surface area contributed by atoms with E-state index in [1.165, 1.54) is 11.1 Å². The Morgan fingerprint density at radius 1 is 1.11 bits per heavy atom. The van der Waals surface area contributed by atoms with E-state index < -0.39 is 0 Å². The van der Waals surface area contributed by atoms with Crippen LogP contribution in [0, 0.1) is 13.8 Å². The highest BCUT2D eigenvalue weighted by molar-refractivity contribution is 5.87. The summed E-state index contributed by atoms with van der Waals surface area (Å²) < 4.78 is 7.69. The number of pyridine rings is 1. The van der Waals surface area contributed by atoms with Gasteiger partial charge >= 0.3 is 0 Å². The third-order valence-electron chi connectivity index (χ3n) is 3.19. The molecule has 0 aliphatic carbocycles. The number of oxazole rings is 1. The molecule has 0 bridgehead atoms. The van der Waals surface area contributed by atoms with Crippen molar-refractivity contribution in [3.05, 3.63) is 48.0 Å². The van der Waals surface area contributed by atoms with Gasteiger partial charge in [0.2, 0.25) is 5.69 Å². The Balaban J connectivity index is 2.41. The van der Waals surface area contributed by atoms with E-state index in [-0.39, 0.29) is 0 Å². The van der Waals surface area contributed by atoms with E-state index >= 15 is 0 Å². The van der Waals surface area contributed by atoms with Crippen molar-refractivity contribution < 1.29 is 8.98 Å². The van der Waals surface area contributed by atoms with Crippen LogP contribution >= 0.6 is 0 Å². The van der Waals surface area contributed by atoms with Crippen LogP contribution < -0.4 is 4.57 Å². The van der Waals surface area contributed by atoms with E-state index in [2.05, 4.69) is 28.6 Å². The summed E-state index contributed by atoms with van der Waals surface area (Å²) in [5.41, 5.74) is 5.29. The minimum absolute atomic E-state index is 0.700. The summed E-state index contributed by atoms with van der Waals surface area (Å²) >= 11 is 0. The second-order valence-corrected chi connectivity index (χ2v) is 4.54. The molecule has 3 rings (SSSR count). The van der Waals surface area contributed by atoms with Crippen LogP contribution in [0.25, 0.3) is 22.4 Å². The smallest absolute Gasteiger partial charge is 0.242 e. The molecule has 0 spiro atoms. The van der Waals surface area contributed by atoms with Crippen LogP contribution in [0.1, 0.15) is 11.5 Å². The molecule has 2 aromatic heterocycles. The molecule has 3 heteroatoms. The third kappa shape index (κ3) is 1.59. The molecule has 0 unspecified atom stereocenters. The first-order chi connectivity index (χ1) is 8.66. The highest BCUT2D eigenvalue weighted by Crippen LogP contribution is 2.27. The van der Waals surface area contributed by atoms with Gasteiger partial charge in [-0.3, -0.25) is 0 Å². The Kier molecular flexibility index (Phi) is 2.40. The zero-order valence-electron chi connectivity index (χ0n) is 10.8. The van der Waals surface area contributed by atoms with Crippen molar-refractivity contribution in [1.82, 2.24) is 4.98 Å². The van der Waals surface area contributed by atoms with Crippen LogP contribution in [0.4, 0.5) is 0 Å². The Bertz CT molecular complexity index is 728. The molecule has 0 aliphatic heterocycles. The molecule has 90 valence electrons. The van der Waals surface area contributed by atoms with Gasteiger partial charge in [0, 0.05) is 13.0 Å². The molecular formula is C15H15N2O+. The van der Waals surface area contributed by atoms with Gasteiger partial charge in [-0.05, 0) is 18.6 Å². The molecule has 0 radical (unpaired) electrons. The molecule has 0 amide bonds. The minimum atomic E-state index is 0.700. The van der Waals surface area contributed by atoms with E-state index in [9.17, 15) is 0 Å². The van der Waals surface area contributed by atoms with Gasteiger partial charge in [-0.15, -0.1) is 0 Å². The lowest BCUT2D eigenvalue weighted by Gasteiger charge is -2.03. The van der Waals surface area contributed by atoms with Crippen LogP contribution in [-0.4, -0.2) is 4.98 Å². The normalized spacial score (nSPS) is 11.1. The van der Waals surface area contributed by atoms with E-state index in [1.54, 1.807) is 0 Å². The van der Waals surface area contributed by atoms with Crippen molar-refractivity contribution in [2.75, 3.05) is 0 Å². The Hall–Kier alpha value is -2.16. The molecule has 0 saturated carbocycles. The zero-order valence-corrected chi connectivity index (χ0v) is 10.8. The van der Waals surface area contributed by atoms with Gasteiger partial charge in [0.05, 0.1) is 5.56 Å². The predicted octanol–water partition coefficient (Wildman–Crippen LogP) is 2.94. The summed E-state index contributed by atoms with van der Waals surface area (Å²) in [6.45, 7) is 3.99. The maximum atomic E-state index is 5.60. The van der Waals surface area contributed by atoms with Crippen LogP contribution in [-0.2, 0) is 7.05 Å². The van der Waals surface area contributed by atoms with Crippen molar-refractivity contribution in [3.63, 3.8) is 0 Å². The quantitative estimate of drug-likeness (QED) is 0.611. The molecule has 2 heterocycles. The van der Waals surface area contributed by atoms with Gasteiger partial charge in [0.15, 0.2) is 23.2 Å². The molecular weight excluding hydrogens is 224 g/mol. The lowest BCUT2D eigenvalue weighted by atomic mass is 10.0. The summed E-state index contributed by atoms with van der Waals surface area (Å²) in [6, 6.07) is 10.3. The third-order valence-corrected chi connectivity index (χ3v) is 3.19. The second-order valence-electron chi connectivity index (χ2n) is 4.54. The first-order valence-corrected chi connectivity index (χ1v) is 5.98. The number of aryl methyl sites for hydroxylation is 3. The van der Waals surface area contributed by atoms with Crippen molar-refractivity contribution in [2.45, 2.75) is 13.8 Å². The second kappa shape index (κ2) is 3.95. The lowest BCUT2D eigenvalue weighted by molar-refractivity contribution is -0.659. The van der Waals surface area contributed by atoms with Crippen LogP contribution in [0.5, 0.6) is 0 Å². The maximum Gasteiger partial charge on any atom is 0.242 e. The molecule has 3 aromatic rings. The number of fused-ring (bicyclic) bond motifs is 1. The summed E-state index contributed by atoms with van der Waals surface area (Å²) in [5.74, 6) is 0.700. The van der Waals surface area contributed by atoms with Gasteiger partial charge in [-0.25, -0.2) is 4.98 Å². The van der Waals surface area contributed by atoms with E-state index in [0.717, 1.165) is 16.8 Å². The van der Waals surface area contributed by atoms with Crippen molar-refractivity contribution >= 4 is 11.1 Å². The summed E-state index contributed by atoms with van der Waals surface area (Å²) in [6.07, 6.45) is 2.01. The fourth-order valence-corrected chi connectivity index (χ4v) is 2.30. The van der Waals surface area contributed by atoms with Crippen LogP contribution in [0.3, 0.4) is 0 Å². The van der Waals surface area contributed by atoms with E-state index in [1.807, 2.05) is 38.4 Å². The highest BCUT2D eigenvalue weighted by Gasteiger charge is 2.20. The molecule has 3 nitrogen and oxygen atoms in total. The number of hydrogen-bond acceptors (Lipinski definition) is 2. The first kappa shape index (κ1) is 11.0. The fraction of sp³-hybridized carbons (Fsp3) is 0.200. The molecule has 18 heavy (non-hydrogen) atoms. The molecule has 0 saturated heterocycles. The molecule has 0 atom stereocenters. The SMILES string of the molecule is Cc1nc2c(-c3ccccc3C)[n+](C)ccc2o1. The van der Waals surface area contributed by atoms with E-state index in [4.69, 9.17) is 4.42 Å². The Morgan fingerprint density at radius 2 is 1.89 bits per heavy atom. The lowest BCUT2D eigenvalue weighted by Crippen LogP contribution is -2.30. The fourth-order valence-electron chi connectivity index (χ4n) is 2.30. The van der Waals surface area contributed by atoms with E-state index in [0.29, 0.717) is 5.89 Å². The average Bonchev–Trinajstić information content (AvgIpc) is 2.71. The van der Waals surface area contributed by atoms with Gasteiger partial charge in [0.1, 0.15) is 7.05 Å². The van der Waals surface area contributed by atoms with Gasteiger partial charge in [-0.1, -0.05) is 18.2 Å². The number of hydrogen-bond donors (Lipinski definition) is 0. The summed E-state index contributed by atoms with van der Waals surface area (Å²) in [4.78, 5) is 4.50. The van der Waals surface area contributed by atoms with Crippen molar-refractivity contribution in [1.29, 1.82) is 0 Å². The minimum Gasteiger partial charge on any atom is -0.440 e. The topological polar surface area (TPSA) is 29.9 Å². The molecule has 0 fully saturated rings. The highest BCUT2D eigenvalue weighted by atomic mass is 16.3. The van der Waals surface area contributed by atoms with Gasteiger partial charge < -0.3 is 4.42 Å². The summed E-state index contributed by atoms with van der Waals surface area (Å²) in [5, 5.41) is 0. The van der Waals surface area contributed by atoms with Crippen molar-refractivity contribution in [2.24, 2.45) is 7.05 Å². The standard InChI is InChI=1S/C15H15N2O/c1-10-6-4-5-7-12(10)15-14-13(8-9-17(15)3)18-11(2)16-14/h4-9H,1-3H3/q+1. The largest absolute Gasteiger partial charge is 0.440 e. The number of aromatic nitrogens is 2. The molecule has 0 N–H and O–H groups in total. The monoisotopic (exact) mass is 239 g/mol. The van der Waals surface area contributed by atoms with Crippen molar-refractivity contribution in [3.8, 4) is 11.3 Å². The Morgan fingerprint density at radius 3 is 2.67 bits per heavy atom. The first-order valence-electron chi connectivity index (χ1n) is 5.98. The average molecular weight is 239 g/mol. The Labute approximate surface area is 106 Å². The number of nitrogens with zero attached hydrogens (tertiary/aromatic N) is 2. The van der Waals surface area contributed by atoms with Crippen LogP contribution in [0.15, 0.2) is 40.9 Å². The summed E-state index contributed by atoms with van der Waals surface area (Å²) in [7, 11) is 2.03.